The van der Waals surface area contributed by atoms with E-state index in [0.717, 1.165) is 33.8 Å². The van der Waals surface area contributed by atoms with E-state index in [0.29, 0.717) is 11.4 Å². The Kier molecular flexibility index (Phi) is 4.97. The fourth-order valence-corrected chi connectivity index (χ4v) is 3.84. The summed E-state index contributed by atoms with van der Waals surface area (Å²) in [6.45, 7) is 0. The maximum absolute atomic E-state index is 13.2. The Balaban J connectivity index is 1.87. The first-order valence-electron chi connectivity index (χ1n) is 9.13. The highest BCUT2D eigenvalue weighted by Crippen LogP contribution is 2.40. The molecule has 1 aliphatic heterocycles. The molecule has 28 heavy (non-hydrogen) atoms. The van der Waals surface area contributed by atoms with Gasteiger partial charge in [0, 0.05) is 23.4 Å². The topological polar surface area (TPSA) is 41.6 Å². The molecule has 0 saturated carbocycles. The van der Waals surface area contributed by atoms with Crippen LogP contribution in [0.25, 0.3) is 0 Å². The minimum Gasteiger partial charge on any atom is -0.497 e. The molecule has 5 heteroatoms. The van der Waals surface area contributed by atoms with Gasteiger partial charge in [-0.1, -0.05) is 29.8 Å². The molecule has 1 heterocycles. The van der Waals surface area contributed by atoms with E-state index in [4.69, 9.17) is 16.3 Å². The van der Waals surface area contributed by atoms with Gasteiger partial charge in [-0.05, 0) is 65.2 Å². The number of carbonyl (C=O) groups is 1. The summed E-state index contributed by atoms with van der Waals surface area (Å²) in [4.78, 5) is 15.1. The normalized spacial score (nSPS) is 15.9. The van der Waals surface area contributed by atoms with E-state index in [-0.39, 0.29) is 11.9 Å². The van der Waals surface area contributed by atoms with Gasteiger partial charge in [0.05, 0.1) is 19.6 Å². The lowest BCUT2D eigenvalue weighted by Gasteiger charge is -2.38. The number of nitrogens with one attached hydrogen (secondary N) is 1. The van der Waals surface area contributed by atoms with Crippen LogP contribution in [-0.4, -0.2) is 20.1 Å². The highest BCUT2D eigenvalue weighted by molar-refractivity contribution is 6.30. The third kappa shape index (κ3) is 3.32. The van der Waals surface area contributed by atoms with Gasteiger partial charge in [-0.25, -0.2) is 0 Å². The molecule has 0 aromatic heterocycles. The van der Waals surface area contributed by atoms with Crippen LogP contribution in [0.3, 0.4) is 0 Å². The Morgan fingerprint density at radius 1 is 1.04 bits per heavy atom. The van der Waals surface area contributed by atoms with Crippen LogP contribution in [0, 0.1) is 0 Å². The summed E-state index contributed by atoms with van der Waals surface area (Å²) in [6, 6.07) is 21.3. The highest BCUT2D eigenvalue weighted by atomic mass is 35.5. The number of benzene rings is 3. The first-order chi connectivity index (χ1) is 13.6. The monoisotopic (exact) mass is 392 g/mol. The number of hydrogen-bond donors (Lipinski definition) is 1. The summed E-state index contributed by atoms with van der Waals surface area (Å²) in [5.41, 5.74) is 4.97. The molecule has 3 aromatic rings. The van der Waals surface area contributed by atoms with Crippen molar-refractivity contribution in [3.8, 4) is 5.75 Å². The van der Waals surface area contributed by atoms with E-state index in [1.54, 1.807) is 7.11 Å². The van der Waals surface area contributed by atoms with Crippen molar-refractivity contribution in [3.63, 3.8) is 0 Å². The van der Waals surface area contributed by atoms with Crippen LogP contribution < -0.4 is 15.0 Å². The predicted molar refractivity (Wildman–Crippen MR) is 113 cm³/mol. The molecular weight excluding hydrogens is 372 g/mol. The molecule has 3 aromatic carbocycles. The van der Waals surface area contributed by atoms with E-state index in [1.165, 1.54) is 0 Å². The smallest absolute Gasteiger partial charge is 0.232 e. The molecule has 1 aliphatic rings. The van der Waals surface area contributed by atoms with Gasteiger partial charge in [0.15, 0.2) is 0 Å². The molecule has 1 amide bonds. The van der Waals surface area contributed by atoms with Crippen molar-refractivity contribution in [2.45, 2.75) is 12.5 Å². The molecule has 0 radical (unpaired) electrons. The average Bonchev–Trinajstić information content (AvgIpc) is 2.73. The van der Waals surface area contributed by atoms with Gasteiger partial charge in [0.1, 0.15) is 5.75 Å². The third-order valence-electron chi connectivity index (χ3n) is 5.13. The van der Waals surface area contributed by atoms with Crippen molar-refractivity contribution in [3.05, 3.63) is 88.4 Å². The van der Waals surface area contributed by atoms with Crippen molar-refractivity contribution >= 4 is 28.9 Å². The highest BCUT2D eigenvalue weighted by Gasteiger charge is 2.34. The van der Waals surface area contributed by atoms with E-state index in [2.05, 4.69) is 11.4 Å². The van der Waals surface area contributed by atoms with E-state index >= 15 is 0 Å². The number of hydrogen-bond acceptors (Lipinski definition) is 3. The van der Waals surface area contributed by atoms with Crippen LogP contribution in [0.15, 0.2) is 66.7 Å². The second kappa shape index (κ2) is 7.56. The number of ether oxygens (including phenoxy) is 1. The lowest BCUT2D eigenvalue weighted by Crippen LogP contribution is -2.41. The number of nitrogens with zero attached hydrogens (tertiary/aromatic N) is 1. The molecule has 0 unspecified atom stereocenters. The number of carbonyl (C=O) groups excluding carboxylic acids is 1. The molecule has 0 bridgehead atoms. The van der Waals surface area contributed by atoms with Gasteiger partial charge in [0.25, 0.3) is 0 Å². The van der Waals surface area contributed by atoms with Crippen LogP contribution in [0.2, 0.25) is 5.02 Å². The quantitative estimate of drug-likeness (QED) is 0.674. The standard InChI is InChI=1S/C23H21ClN2O2/c1-25-18-7-9-19(10-8-18)26-22(27)14-16-13-20(28-2)11-12-21(16)23(26)15-3-5-17(24)6-4-15/h3-13,23,25H,14H2,1-2H3/t23-/m0/s1. The van der Waals surface area contributed by atoms with Gasteiger partial charge in [-0.15, -0.1) is 0 Å². The average molecular weight is 393 g/mol. The number of halogens is 1. The molecule has 0 saturated heterocycles. The number of methoxy groups -OCH3 is 1. The maximum Gasteiger partial charge on any atom is 0.232 e. The van der Waals surface area contributed by atoms with E-state index < -0.39 is 0 Å². The number of fused-ring (bicyclic) bond motifs is 1. The van der Waals surface area contributed by atoms with Crippen molar-refractivity contribution in [1.29, 1.82) is 0 Å². The Hall–Kier alpha value is -2.98. The van der Waals surface area contributed by atoms with Crippen LogP contribution in [0.1, 0.15) is 22.7 Å². The summed E-state index contributed by atoms with van der Waals surface area (Å²) in [5, 5.41) is 3.79. The Labute approximate surface area is 169 Å². The summed E-state index contributed by atoms with van der Waals surface area (Å²) in [6.07, 6.45) is 0.338. The largest absolute Gasteiger partial charge is 0.497 e. The number of rotatable bonds is 4. The molecule has 0 aliphatic carbocycles. The first kappa shape index (κ1) is 18.4. The fraction of sp³-hybridized carbons (Fsp3) is 0.174. The Morgan fingerprint density at radius 2 is 1.75 bits per heavy atom. The van der Waals surface area contributed by atoms with Crippen molar-refractivity contribution < 1.29 is 9.53 Å². The zero-order chi connectivity index (χ0) is 19.7. The summed E-state index contributed by atoms with van der Waals surface area (Å²) in [5.74, 6) is 0.811. The van der Waals surface area contributed by atoms with Crippen molar-refractivity contribution in [2.24, 2.45) is 0 Å². The van der Waals surface area contributed by atoms with Gasteiger partial charge in [-0.2, -0.15) is 0 Å². The molecule has 4 nitrogen and oxygen atoms in total. The Bertz CT molecular complexity index is 1000. The fourth-order valence-electron chi connectivity index (χ4n) is 3.72. The minimum absolute atomic E-state index is 0.0536. The maximum atomic E-state index is 13.2. The van der Waals surface area contributed by atoms with Crippen molar-refractivity contribution in [2.75, 3.05) is 24.4 Å². The van der Waals surface area contributed by atoms with Crippen LogP contribution in [0.5, 0.6) is 5.75 Å². The summed E-state index contributed by atoms with van der Waals surface area (Å²) < 4.78 is 5.36. The second-order valence-electron chi connectivity index (χ2n) is 6.76. The van der Waals surface area contributed by atoms with Crippen LogP contribution in [0.4, 0.5) is 11.4 Å². The van der Waals surface area contributed by atoms with Gasteiger partial charge < -0.3 is 15.0 Å². The summed E-state index contributed by atoms with van der Waals surface area (Å²) >= 11 is 6.10. The number of amides is 1. The molecule has 1 atom stereocenters. The molecule has 0 fully saturated rings. The van der Waals surface area contributed by atoms with Crippen LogP contribution >= 0.6 is 11.6 Å². The van der Waals surface area contributed by atoms with Gasteiger partial charge in [-0.3, -0.25) is 4.79 Å². The third-order valence-corrected chi connectivity index (χ3v) is 5.39. The van der Waals surface area contributed by atoms with Crippen LogP contribution in [-0.2, 0) is 11.2 Å². The van der Waals surface area contributed by atoms with E-state index in [9.17, 15) is 4.79 Å². The lowest BCUT2D eigenvalue weighted by atomic mass is 9.87. The molecule has 1 N–H and O–H groups in total. The molecule has 0 spiro atoms. The lowest BCUT2D eigenvalue weighted by molar-refractivity contribution is -0.118. The molecular formula is C23H21ClN2O2. The number of anilines is 2. The zero-order valence-corrected chi connectivity index (χ0v) is 16.5. The predicted octanol–water partition coefficient (Wildman–Crippen LogP) is 5.07. The summed E-state index contributed by atoms with van der Waals surface area (Å²) in [7, 11) is 3.51. The van der Waals surface area contributed by atoms with Crippen molar-refractivity contribution in [1.82, 2.24) is 0 Å². The van der Waals surface area contributed by atoms with Gasteiger partial charge in [0.2, 0.25) is 5.91 Å². The SMILES string of the molecule is CNc1ccc(N2C(=O)Cc3cc(OC)ccc3[C@@H]2c2ccc(Cl)cc2)cc1. The van der Waals surface area contributed by atoms with E-state index in [1.807, 2.05) is 72.6 Å². The molecule has 142 valence electrons. The first-order valence-corrected chi connectivity index (χ1v) is 9.50. The van der Waals surface area contributed by atoms with Gasteiger partial charge >= 0.3 is 0 Å². The second-order valence-corrected chi connectivity index (χ2v) is 7.19. The Morgan fingerprint density at radius 3 is 2.39 bits per heavy atom. The minimum atomic E-state index is -0.222. The zero-order valence-electron chi connectivity index (χ0n) is 15.8. The molecule has 4 rings (SSSR count).